The maximum absolute atomic E-state index is 6.06. The monoisotopic (exact) mass is 323 g/mol. The van der Waals surface area contributed by atoms with Gasteiger partial charge in [0.25, 0.3) is 0 Å². The van der Waals surface area contributed by atoms with Crippen LogP contribution >= 0.6 is 0 Å². The number of rotatable bonds is 8. The number of para-hydroxylation sites is 1. The second-order valence-corrected chi connectivity index (χ2v) is 7.60. The molecule has 1 aliphatic carbocycles. The van der Waals surface area contributed by atoms with Gasteiger partial charge in [-0.05, 0) is 49.4 Å². The molecule has 0 unspecified atom stereocenters. The summed E-state index contributed by atoms with van der Waals surface area (Å²) in [5, 5.41) is 3.52. The number of ether oxygens (including phenoxy) is 1. The molecule has 0 amide bonds. The van der Waals surface area contributed by atoms with Crippen LogP contribution in [0, 0.1) is 5.92 Å². The first-order valence-corrected chi connectivity index (χ1v) is 9.13. The van der Waals surface area contributed by atoms with E-state index in [2.05, 4.69) is 43.4 Å². The van der Waals surface area contributed by atoms with Gasteiger partial charge in [-0.15, -0.1) is 0 Å². The SMILES string of the molecule is CC(C)(CNCc1ccc(CC2CCC2)cc1)Oc1ccccc1. The van der Waals surface area contributed by atoms with Gasteiger partial charge < -0.3 is 10.1 Å². The minimum Gasteiger partial charge on any atom is -0.487 e. The van der Waals surface area contributed by atoms with Gasteiger partial charge in [0.1, 0.15) is 11.4 Å². The minimum atomic E-state index is -0.231. The maximum Gasteiger partial charge on any atom is 0.120 e. The van der Waals surface area contributed by atoms with E-state index in [1.807, 2.05) is 30.3 Å². The van der Waals surface area contributed by atoms with Crippen LogP contribution < -0.4 is 10.1 Å². The van der Waals surface area contributed by atoms with E-state index in [1.54, 1.807) is 0 Å². The fraction of sp³-hybridized carbons (Fsp3) is 0.455. The molecule has 0 bridgehead atoms. The van der Waals surface area contributed by atoms with Gasteiger partial charge in [0.2, 0.25) is 0 Å². The molecular formula is C22H29NO. The average molecular weight is 323 g/mol. The van der Waals surface area contributed by atoms with Crippen LogP contribution in [0.3, 0.4) is 0 Å². The Hall–Kier alpha value is -1.80. The first-order valence-electron chi connectivity index (χ1n) is 9.13. The van der Waals surface area contributed by atoms with Crippen LogP contribution in [-0.4, -0.2) is 12.1 Å². The molecule has 24 heavy (non-hydrogen) atoms. The molecule has 128 valence electrons. The second kappa shape index (κ2) is 7.85. The normalized spacial score (nSPS) is 15.1. The molecule has 0 spiro atoms. The van der Waals surface area contributed by atoms with Crippen molar-refractivity contribution in [3.8, 4) is 5.75 Å². The molecule has 2 aromatic rings. The van der Waals surface area contributed by atoms with Gasteiger partial charge in [-0.1, -0.05) is 61.7 Å². The highest BCUT2D eigenvalue weighted by atomic mass is 16.5. The van der Waals surface area contributed by atoms with Gasteiger partial charge in [-0.3, -0.25) is 0 Å². The lowest BCUT2D eigenvalue weighted by molar-refractivity contribution is 0.108. The highest BCUT2D eigenvalue weighted by molar-refractivity contribution is 5.23. The predicted molar refractivity (Wildman–Crippen MR) is 100 cm³/mol. The molecule has 0 aliphatic heterocycles. The van der Waals surface area contributed by atoms with Gasteiger partial charge in [-0.2, -0.15) is 0 Å². The van der Waals surface area contributed by atoms with Crippen molar-refractivity contribution in [3.05, 3.63) is 65.7 Å². The van der Waals surface area contributed by atoms with Crippen LogP contribution in [0.15, 0.2) is 54.6 Å². The van der Waals surface area contributed by atoms with Crippen LogP contribution in [0.2, 0.25) is 0 Å². The molecule has 3 rings (SSSR count). The van der Waals surface area contributed by atoms with Crippen LogP contribution in [0.1, 0.15) is 44.2 Å². The zero-order chi connectivity index (χ0) is 16.8. The number of hydrogen-bond acceptors (Lipinski definition) is 2. The highest BCUT2D eigenvalue weighted by Gasteiger charge is 2.19. The summed E-state index contributed by atoms with van der Waals surface area (Å²) in [4.78, 5) is 0. The second-order valence-electron chi connectivity index (χ2n) is 7.60. The molecular weight excluding hydrogens is 294 g/mol. The lowest BCUT2D eigenvalue weighted by Crippen LogP contribution is -2.40. The molecule has 1 aliphatic rings. The van der Waals surface area contributed by atoms with Crippen LogP contribution in [0.5, 0.6) is 5.75 Å². The molecule has 0 aromatic heterocycles. The lowest BCUT2D eigenvalue weighted by Gasteiger charge is -2.27. The third-order valence-corrected chi connectivity index (χ3v) is 4.79. The molecule has 2 aromatic carbocycles. The summed E-state index contributed by atoms with van der Waals surface area (Å²) in [7, 11) is 0. The summed E-state index contributed by atoms with van der Waals surface area (Å²) in [5.74, 6) is 1.86. The predicted octanol–water partition coefficient (Wildman–Crippen LogP) is 4.98. The minimum absolute atomic E-state index is 0.231. The van der Waals surface area contributed by atoms with E-state index >= 15 is 0 Å². The van der Waals surface area contributed by atoms with Gasteiger partial charge in [0.15, 0.2) is 0 Å². The molecule has 2 heteroatoms. The van der Waals surface area contributed by atoms with Crippen LogP contribution in [0.4, 0.5) is 0 Å². The Morgan fingerprint density at radius 1 is 0.958 bits per heavy atom. The standard InChI is InChI=1S/C22H29NO/c1-22(2,24-21-9-4-3-5-10-21)17-23-16-20-13-11-19(12-14-20)15-18-7-6-8-18/h3-5,9-14,18,23H,6-8,15-17H2,1-2H3. The molecule has 0 atom stereocenters. The third-order valence-electron chi connectivity index (χ3n) is 4.79. The van der Waals surface area contributed by atoms with E-state index in [9.17, 15) is 0 Å². The lowest BCUT2D eigenvalue weighted by atomic mass is 9.81. The Kier molecular flexibility index (Phi) is 5.57. The first kappa shape index (κ1) is 17.0. The third kappa shape index (κ3) is 5.10. The van der Waals surface area contributed by atoms with E-state index in [4.69, 9.17) is 4.74 Å². The van der Waals surface area contributed by atoms with Crippen LogP contribution in [-0.2, 0) is 13.0 Å². The molecule has 1 N–H and O–H groups in total. The summed E-state index contributed by atoms with van der Waals surface area (Å²) in [5.41, 5.74) is 2.59. The van der Waals surface area contributed by atoms with Gasteiger partial charge >= 0.3 is 0 Å². The van der Waals surface area contributed by atoms with Gasteiger partial charge in [0.05, 0.1) is 0 Å². The van der Waals surface area contributed by atoms with Crippen molar-refractivity contribution >= 4 is 0 Å². The Balaban J connectivity index is 1.43. The Labute approximate surface area is 146 Å². The molecule has 0 saturated heterocycles. The van der Waals surface area contributed by atoms with Crippen molar-refractivity contribution in [3.63, 3.8) is 0 Å². The van der Waals surface area contributed by atoms with Crippen molar-refractivity contribution in [1.82, 2.24) is 5.32 Å². The van der Waals surface area contributed by atoms with E-state index in [0.29, 0.717) is 0 Å². The summed E-state index contributed by atoms with van der Waals surface area (Å²) in [6.07, 6.45) is 5.51. The summed E-state index contributed by atoms with van der Waals surface area (Å²) in [6.45, 7) is 5.93. The molecule has 1 fully saturated rings. The smallest absolute Gasteiger partial charge is 0.120 e. The topological polar surface area (TPSA) is 21.3 Å². The van der Waals surface area contributed by atoms with Crippen molar-refractivity contribution in [2.24, 2.45) is 5.92 Å². The van der Waals surface area contributed by atoms with E-state index in [-0.39, 0.29) is 5.60 Å². The maximum atomic E-state index is 6.06. The zero-order valence-corrected chi connectivity index (χ0v) is 14.9. The summed E-state index contributed by atoms with van der Waals surface area (Å²) in [6, 6.07) is 19.1. The summed E-state index contributed by atoms with van der Waals surface area (Å²) >= 11 is 0. The van der Waals surface area contributed by atoms with E-state index < -0.39 is 0 Å². The highest BCUT2D eigenvalue weighted by Crippen LogP contribution is 2.29. The number of hydrogen-bond donors (Lipinski definition) is 1. The quantitative estimate of drug-likeness (QED) is 0.740. The number of benzene rings is 2. The number of nitrogens with one attached hydrogen (secondary N) is 1. The van der Waals surface area contributed by atoms with E-state index in [1.165, 1.54) is 36.8 Å². The average Bonchev–Trinajstić information content (AvgIpc) is 2.53. The molecule has 0 radical (unpaired) electrons. The van der Waals surface area contributed by atoms with Gasteiger partial charge in [0, 0.05) is 13.1 Å². The van der Waals surface area contributed by atoms with Crippen molar-refractivity contribution in [2.75, 3.05) is 6.54 Å². The van der Waals surface area contributed by atoms with Gasteiger partial charge in [-0.25, -0.2) is 0 Å². The molecule has 0 heterocycles. The summed E-state index contributed by atoms with van der Waals surface area (Å²) < 4.78 is 6.06. The first-order chi connectivity index (χ1) is 11.6. The largest absolute Gasteiger partial charge is 0.487 e. The Bertz CT molecular complexity index is 614. The zero-order valence-electron chi connectivity index (χ0n) is 14.9. The van der Waals surface area contributed by atoms with Crippen LogP contribution in [0.25, 0.3) is 0 Å². The van der Waals surface area contributed by atoms with Crippen molar-refractivity contribution in [1.29, 1.82) is 0 Å². The van der Waals surface area contributed by atoms with Crippen molar-refractivity contribution < 1.29 is 4.74 Å². The Morgan fingerprint density at radius 3 is 2.25 bits per heavy atom. The fourth-order valence-electron chi connectivity index (χ4n) is 3.17. The fourth-order valence-corrected chi connectivity index (χ4v) is 3.17. The van der Waals surface area contributed by atoms with E-state index in [0.717, 1.165) is 24.8 Å². The molecule has 2 nitrogen and oxygen atoms in total. The molecule has 1 saturated carbocycles. The van der Waals surface area contributed by atoms with Crippen molar-refractivity contribution in [2.45, 2.75) is 51.7 Å². The Morgan fingerprint density at radius 2 is 1.62 bits per heavy atom.